The fourth-order valence-corrected chi connectivity index (χ4v) is 1.77. The standard InChI is InChI=1S/C14H13FN2O3/c1-9-6-11(15)3-5-14(9)20-8-10-2-4-12(16)13(7-10)17(18)19/h2-7H,8,16H2,1H3. The van der Waals surface area contributed by atoms with E-state index in [-0.39, 0.29) is 23.8 Å². The zero-order chi connectivity index (χ0) is 14.7. The number of nitrogens with two attached hydrogens (primary N) is 1. The summed E-state index contributed by atoms with van der Waals surface area (Å²) in [5, 5.41) is 10.8. The number of hydrogen-bond donors (Lipinski definition) is 1. The summed E-state index contributed by atoms with van der Waals surface area (Å²) in [6.07, 6.45) is 0. The zero-order valence-electron chi connectivity index (χ0n) is 10.8. The number of nitro groups is 1. The van der Waals surface area contributed by atoms with Crippen LogP contribution in [-0.2, 0) is 6.61 Å². The highest BCUT2D eigenvalue weighted by Gasteiger charge is 2.12. The Morgan fingerprint density at radius 1 is 1.30 bits per heavy atom. The van der Waals surface area contributed by atoms with E-state index >= 15 is 0 Å². The Morgan fingerprint density at radius 2 is 2.05 bits per heavy atom. The molecule has 2 aromatic rings. The molecule has 5 nitrogen and oxygen atoms in total. The molecule has 20 heavy (non-hydrogen) atoms. The lowest BCUT2D eigenvalue weighted by Crippen LogP contribution is -2.01. The number of rotatable bonds is 4. The number of anilines is 1. The van der Waals surface area contributed by atoms with Gasteiger partial charge in [-0.3, -0.25) is 10.1 Å². The summed E-state index contributed by atoms with van der Waals surface area (Å²) >= 11 is 0. The van der Waals surface area contributed by atoms with Crippen LogP contribution in [0.3, 0.4) is 0 Å². The van der Waals surface area contributed by atoms with Crippen LogP contribution in [-0.4, -0.2) is 4.92 Å². The quantitative estimate of drug-likeness (QED) is 0.528. The molecule has 2 aromatic carbocycles. The number of hydrogen-bond acceptors (Lipinski definition) is 4. The van der Waals surface area contributed by atoms with Gasteiger partial charge in [-0.25, -0.2) is 4.39 Å². The van der Waals surface area contributed by atoms with Crippen molar-refractivity contribution in [1.29, 1.82) is 0 Å². The van der Waals surface area contributed by atoms with Crippen LogP contribution in [0.25, 0.3) is 0 Å². The van der Waals surface area contributed by atoms with Crippen molar-refractivity contribution in [3.8, 4) is 5.75 Å². The Bertz CT molecular complexity index is 659. The van der Waals surface area contributed by atoms with Gasteiger partial charge in [-0.2, -0.15) is 0 Å². The highest BCUT2D eigenvalue weighted by atomic mass is 19.1. The Morgan fingerprint density at radius 3 is 2.70 bits per heavy atom. The fourth-order valence-electron chi connectivity index (χ4n) is 1.77. The molecule has 0 unspecified atom stereocenters. The van der Waals surface area contributed by atoms with Crippen LogP contribution in [0.2, 0.25) is 0 Å². The van der Waals surface area contributed by atoms with E-state index in [1.54, 1.807) is 13.0 Å². The number of nitrogen functional groups attached to an aromatic ring is 1. The van der Waals surface area contributed by atoms with E-state index in [0.717, 1.165) is 0 Å². The molecule has 2 N–H and O–H groups in total. The first kappa shape index (κ1) is 13.8. The van der Waals surface area contributed by atoms with Crippen molar-refractivity contribution in [2.45, 2.75) is 13.5 Å². The minimum Gasteiger partial charge on any atom is -0.489 e. The third kappa shape index (κ3) is 3.03. The van der Waals surface area contributed by atoms with Gasteiger partial charge in [0.25, 0.3) is 5.69 Å². The lowest BCUT2D eigenvalue weighted by atomic mass is 10.2. The summed E-state index contributed by atoms with van der Waals surface area (Å²) in [5.74, 6) is 0.198. The molecule has 0 bridgehead atoms. The molecule has 0 aliphatic rings. The molecular weight excluding hydrogens is 263 g/mol. The molecule has 0 saturated carbocycles. The summed E-state index contributed by atoms with van der Waals surface area (Å²) in [5.41, 5.74) is 6.75. The maximum absolute atomic E-state index is 13.0. The van der Waals surface area contributed by atoms with Gasteiger partial charge in [-0.1, -0.05) is 6.07 Å². The lowest BCUT2D eigenvalue weighted by molar-refractivity contribution is -0.384. The second-order valence-corrected chi connectivity index (χ2v) is 4.35. The van der Waals surface area contributed by atoms with Gasteiger partial charge in [0.15, 0.2) is 0 Å². The van der Waals surface area contributed by atoms with Gasteiger partial charge in [0, 0.05) is 6.07 Å². The van der Waals surface area contributed by atoms with Crippen LogP contribution >= 0.6 is 0 Å². The minimum absolute atomic E-state index is 0.108. The third-order valence-corrected chi connectivity index (χ3v) is 2.82. The first-order valence-corrected chi connectivity index (χ1v) is 5.89. The number of halogens is 1. The van der Waals surface area contributed by atoms with Crippen molar-refractivity contribution in [2.75, 3.05) is 5.73 Å². The zero-order valence-corrected chi connectivity index (χ0v) is 10.8. The molecule has 0 spiro atoms. The lowest BCUT2D eigenvalue weighted by Gasteiger charge is -2.09. The maximum atomic E-state index is 13.0. The topological polar surface area (TPSA) is 78.4 Å². The highest BCUT2D eigenvalue weighted by molar-refractivity contribution is 5.59. The molecule has 0 atom stereocenters. The van der Waals surface area contributed by atoms with Crippen LogP contribution in [0.15, 0.2) is 36.4 Å². The predicted octanol–water partition coefficient (Wildman–Crippen LogP) is 3.20. The minimum atomic E-state index is -0.540. The maximum Gasteiger partial charge on any atom is 0.292 e. The number of nitro benzene ring substituents is 1. The van der Waals surface area contributed by atoms with E-state index in [1.807, 2.05) is 0 Å². The van der Waals surface area contributed by atoms with E-state index in [0.29, 0.717) is 16.9 Å². The molecule has 0 aliphatic carbocycles. The summed E-state index contributed by atoms with van der Waals surface area (Å²) in [6.45, 7) is 1.87. The number of ether oxygens (including phenoxy) is 1. The van der Waals surface area contributed by atoms with Crippen LogP contribution in [0.5, 0.6) is 5.75 Å². The van der Waals surface area contributed by atoms with Crippen molar-refractivity contribution in [1.82, 2.24) is 0 Å². The molecule has 0 saturated heterocycles. The smallest absolute Gasteiger partial charge is 0.292 e. The van der Waals surface area contributed by atoms with Gasteiger partial charge in [0.1, 0.15) is 23.9 Å². The van der Waals surface area contributed by atoms with Gasteiger partial charge in [-0.05, 0) is 42.3 Å². The molecule has 0 heterocycles. The van der Waals surface area contributed by atoms with Crippen LogP contribution in [0.4, 0.5) is 15.8 Å². The summed E-state index contributed by atoms with van der Waals surface area (Å²) in [7, 11) is 0. The normalized spacial score (nSPS) is 10.3. The van der Waals surface area contributed by atoms with Gasteiger partial charge < -0.3 is 10.5 Å². The number of benzene rings is 2. The van der Waals surface area contributed by atoms with Gasteiger partial charge >= 0.3 is 0 Å². The average molecular weight is 276 g/mol. The van der Waals surface area contributed by atoms with E-state index in [1.165, 1.54) is 30.3 Å². The number of aryl methyl sites for hydroxylation is 1. The van der Waals surface area contributed by atoms with Crippen molar-refractivity contribution >= 4 is 11.4 Å². The van der Waals surface area contributed by atoms with E-state index in [2.05, 4.69) is 0 Å². The summed E-state index contributed by atoms with van der Waals surface area (Å²) < 4.78 is 18.5. The molecule has 2 rings (SSSR count). The van der Waals surface area contributed by atoms with Gasteiger partial charge in [-0.15, -0.1) is 0 Å². The first-order valence-electron chi connectivity index (χ1n) is 5.89. The monoisotopic (exact) mass is 276 g/mol. The van der Waals surface area contributed by atoms with Crippen molar-refractivity contribution in [3.05, 3.63) is 63.5 Å². The Balaban J connectivity index is 2.15. The Hall–Kier alpha value is -2.63. The summed E-state index contributed by atoms with van der Waals surface area (Å²) in [6, 6.07) is 8.68. The fraction of sp³-hybridized carbons (Fsp3) is 0.143. The Labute approximate surface area is 114 Å². The molecule has 0 fully saturated rings. The molecule has 104 valence electrons. The molecule has 0 amide bonds. The first-order chi connectivity index (χ1) is 9.47. The van der Waals surface area contributed by atoms with Crippen molar-refractivity contribution in [3.63, 3.8) is 0 Å². The van der Waals surface area contributed by atoms with E-state index < -0.39 is 4.92 Å². The molecule has 0 aliphatic heterocycles. The van der Waals surface area contributed by atoms with E-state index in [9.17, 15) is 14.5 Å². The van der Waals surface area contributed by atoms with Crippen molar-refractivity contribution < 1.29 is 14.1 Å². The van der Waals surface area contributed by atoms with E-state index in [4.69, 9.17) is 10.5 Å². The summed E-state index contributed by atoms with van der Waals surface area (Å²) in [4.78, 5) is 10.2. The van der Waals surface area contributed by atoms with Crippen LogP contribution in [0, 0.1) is 22.9 Å². The van der Waals surface area contributed by atoms with Crippen molar-refractivity contribution in [2.24, 2.45) is 0 Å². The highest BCUT2D eigenvalue weighted by Crippen LogP contribution is 2.24. The molecular formula is C14H13FN2O3. The molecule has 0 aromatic heterocycles. The van der Waals surface area contributed by atoms with Gasteiger partial charge in [0.2, 0.25) is 0 Å². The predicted molar refractivity (Wildman–Crippen MR) is 73.0 cm³/mol. The Kier molecular flexibility index (Phi) is 3.84. The molecule has 6 heteroatoms. The molecule has 0 radical (unpaired) electrons. The second-order valence-electron chi connectivity index (χ2n) is 4.35. The largest absolute Gasteiger partial charge is 0.489 e. The number of nitrogens with zero attached hydrogens (tertiary/aromatic N) is 1. The van der Waals surface area contributed by atoms with Gasteiger partial charge in [0.05, 0.1) is 4.92 Å². The third-order valence-electron chi connectivity index (χ3n) is 2.82. The average Bonchev–Trinajstić information content (AvgIpc) is 2.39. The second kappa shape index (κ2) is 5.56. The SMILES string of the molecule is Cc1cc(F)ccc1OCc1ccc(N)c([N+](=O)[O-])c1. The van der Waals surface area contributed by atoms with Crippen LogP contribution in [0.1, 0.15) is 11.1 Å². The van der Waals surface area contributed by atoms with Crippen LogP contribution < -0.4 is 10.5 Å².